The number of nitrogens with zero attached hydrogens (tertiary/aromatic N) is 1. The van der Waals surface area contributed by atoms with Crippen molar-refractivity contribution in [3.05, 3.63) is 64.7 Å². The highest BCUT2D eigenvalue weighted by Crippen LogP contribution is 2.15. The number of sulfonamides is 1. The fraction of sp³-hybridized carbons (Fsp3) is 0.235. The molecule has 0 bridgehead atoms. The van der Waals surface area contributed by atoms with Gasteiger partial charge in [0.15, 0.2) is 0 Å². The third kappa shape index (κ3) is 6.68. The van der Waals surface area contributed by atoms with Gasteiger partial charge in [-0.2, -0.15) is 0 Å². The lowest BCUT2D eigenvalue weighted by Crippen LogP contribution is -2.35. The van der Waals surface area contributed by atoms with Crippen LogP contribution in [0.25, 0.3) is 0 Å². The highest BCUT2D eigenvalue weighted by atomic mass is 32.2. The maximum absolute atomic E-state index is 12.1. The molecule has 2 rings (SSSR count). The number of ether oxygens (including phenoxy) is 1. The number of nitro groups is 1. The first-order valence-electron chi connectivity index (χ1n) is 8.07. The van der Waals surface area contributed by atoms with Gasteiger partial charge in [0.25, 0.3) is 5.69 Å². The van der Waals surface area contributed by atoms with Gasteiger partial charge in [0, 0.05) is 25.2 Å². The van der Waals surface area contributed by atoms with E-state index in [-0.39, 0.29) is 42.6 Å². The molecule has 1 amide bonds. The van der Waals surface area contributed by atoms with E-state index in [2.05, 4.69) is 10.0 Å². The number of nitrogens with one attached hydrogen (secondary N) is 2. The Balaban J connectivity index is 1.68. The van der Waals surface area contributed by atoms with E-state index in [4.69, 9.17) is 4.74 Å². The fourth-order valence-electron chi connectivity index (χ4n) is 2.08. The quantitative estimate of drug-likeness (QED) is 0.357. The van der Waals surface area contributed by atoms with E-state index in [1.54, 1.807) is 12.1 Å². The molecule has 0 spiro atoms. The molecule has 0 aromatic heterocycles. The zero-order valence-electron chi connectivity index (χ0n) is 14.3. The number of nitro benzene ring substituents is 1. The van der Waals surface area contributed by atoms with Gasteiger partial charge in [-0.15, -0.1) is 0 Å². The minimum Gasteiger partial charge on any atom is -0.493 e. The second kappa shape index (κ2) is 9.64. The Morgan fingerprint density at radius 3 is 2.33 bits per heavy atom. The molecule has 0 aliphatic carbocycles. The number of para-hydroxylation sites is 1. The van der Waals surface area contributed by atoms with Gasteiger partial charge >= 0.3 is 0 Å². The lowest BCUT2D eigenvalue weighted by Gasteiger charge is -2.09. The summed E-state index contributed by atoms with van der Waals surface area (Å²) in [6, 6.07) is 13.6. The van der Waals surface area contributed by atoms with Crippen molar-refractivity contribution in [3.8, 4) is 5.75 Å². The van der Waals surface area contributed by atoms with Crippen molar-refractivity contribution < 1.29 is 22.9 Å². The Hall–Kier alpha value is -2.98. The van der Waals surface area contributed by atoms with Gasteiger partial charge in [-0.25, -0.2) is 13.1 Å². The first-order chi connectivity index (χ1) is 12.9. The Bertz CT molecular complexity index is 869. The molecular formula is C17H19N3O6S. The summed E-state index contributed by atoms with van der Waals surface area (Å²) in [6.07, 6.45) is 0.143. The summed E-state index contributed by atoms with van der Waals surface area (Å²) in [4.78, 5) is 21.6. The number of carbonyl (C=O) groups excluding carboxylic acids is 1. The Morgan fingerprint density at radius 2 is 1.70 bits per heavy atom. The molecule has 0 radical (unpaired) electrons. The van der Waals surface area contributed by atoms with E-state index in [1.165, 1.54) is 0 Å². The van der Waals surface area contributed by atoms with Gasteiger partial charge in [-0.3, -0.25) is 14.9 Å². The highest BCUT2D eigenvalue weighted by Gasteiger charge is 2.15. The molecule has 0 saturated carbocycles. The number of carbonyl (C=O) groups is 1. The van der Waals surface area contributed by atoms with E-state index in [1.807, 2.05) is 18.2 Å². The Labute approximate surface area is 156 Å². The van der Waals surface area contributed by atoms with Gasteiger partial charge in [-0.1, -0.05) is 18.2 Å². The minimum absolute atomic E-state index is 0.00932. The van der Waals surface area contributed by atoms with Gasteiger partial charge in [0.2, 0.25) is 15.9 Å². The molecule has 2 aromatic rings. The number of hydrogen-bond acceptors (Lipinski definition) is 6. The lowest BCUT2D eigenvalue weighted by molar-refractivity contribution is -0.384. The zero-order valence-corrected chi connectivity index (χ0v) is 15.1. The van der Waals surface area contributed by atoms with Crippen LogP contribution in [0.1, 0.15) is 6.42 Å². The molecule has 0 atom stereocenters. The standard InChI is InChI=1S/C17H19N3O6S/c21-17(10-13-26-15-4-2-1-3-5-15)18-11-12-19-27(24,25)16-8-6-14(7-9-16)20(22)23/h1-9,19H,10-13H2,(H,18,21). The van der Waals surface area contributed by atoms with E-state index >= 15 is 0 Å². The van der Waals surface area contributed by atoms with Crippen molar-refractivity contribution in [1.82, 2.24) is 10.0 Å². The van der Waals surface area contributed by atoms with Gasteiger partial charge < -0.3 is 10.1 Å². The van der Waals surface area contributed by atoms with Crippen molar-refractivity contribution in [1.29, 1.82) is 0 Å². The van der Waals surface area contributed by atoms with Gasteiger partial charge in [-0.05, 0) is 24.3 Å². The highest BCUT2D eigenvalue weighted by molar-refractivity contribution is 7.89. The van der Waals surface area contributed by atoms with Crippen LogP contribution in [0.4, 0.5) is 5.69 Å². The van der Waals surface area contributed by atoms with E-state index in [0.29, 0.717) is 5.75 Å². The molecule has 0 saturated heterocycles. The van der Waals surface area contributed by atoms with E-state index in [0.717, 1.165) is 24.3 Å². The summed E-state index contributed by atoms with van der Waals surface area (Å²) in [5, 5.41) is 13.2. The van der Waals surface area contributed by atoms with Crippen molar-refractivity contribution >= 4 is 21.6 Å². The number of amides is 1. The van der Waals surface area contributed by atoms with E-state index in [9.17, 15) is 23.3 Å². The largest absolute Gasteiger partial charge is 0.493 e. The second-order valence-electron chi connectivity index (χ2n) is 5.41. The molecule has 0 unspecified atom stereocenters. The summed E-state index contributed by atoms with van der Waals surface area (Å²) in [5.41, 5.74) is -0.195. The van der Waals surface area contributed by atoms with Crippen LogP contribution in [-0.2, 0) is 14.8 Å². The maximum Gasteiger partial charge on any atom is 0.269 e. The summed E-state index contributed by atoms with van der Waals surface area (Å²) < 4.78 is 31.9. The summed E-state index contributed by atoms with van der Waals surface area (Å²) in [5.74, 6) is 0.404. The van der Waals surface area contributed by atoms with Gasteiger partial charge in [0.1, 0.15) is 5.75 Å². The molecule has 0 aliphatic rings. The third-order valence-corrected chi connectivity index (χ3v) is 4.92. The number of hydrogen-bond donors (Lipinski definition) is 2. The lowest BCUT2D eigenvalue weighted by atomic mass is 10.3. The summed E-state index contributed by atoms with van der Waals surface area (Å²) in [6.45, 7) is 0.311. The summed E-state index contributed by atoms with van der Waals surface area (Å²) in [7, 11) is -3.80. The molecule has 0 fully saturated rings. The monoisotopic (exact) mass is 393 g/mol. The second-order valence-corrected chi connectivity index (χ2v) is 7.18. The third-order valence-electron chi connectivity index (χ3n) is 3.44. The SMILES string of the molecule is O=C(CCOc1ccccc1)NCCNS(=O)(=O)c1ccc([N+](=O)[O-])cc1. The first kappa shape index (κ1) is 20.3. The Kier molecular flexibility index (Phi) is 7.26. The zero-order chi connectivity index (χ0) is 19.7. The molecular weight excluding hydrogens is 374 g/mol. The molecule has 9 nitrogen and oxygen atoms in total. The van der Waals surface area contributed by atoms with Crippen LogP contribution >= 0.6 is 0 Å². The van der Waals surface area contributed by atoms with Crippen molar-refractivity contribution in [3.63, 3.8) is 0 Å². The maximum atomic E-state index is 12.1. The smallest absolute Gasteiger partial charge is 0.269 e. The number of rotatable bonds is 10. The number of benzene rings is 2. The van der Waals surface area contributed by atoms with Crippen LogP contribution in [0.5, 0.6) is 5.75 Å². The molecule has 0 aliphatic heterocycles. The predicted molar refractivity (Wildman–Crippen MR) is 97.8 cm³/mol. The normalized spacial score (nSPS) is 11.0. The molecule has 2 aromatic carbocycles. The van der Waals surface area contributed by atoms with Crippen molar-refractivity contribution in [2.75, 3.05) is 19.7 Å². The Morgan fingerprint density at radius 1 is 1.04 bits per heavy atom. The molecule has 27 heavy (non-hydrogen) atoms. The van der Waals surface area contributed by atoms with Crippen molar-refractivity contribution in [2.45, 2.75) is 11.3 Å². The van der Waals surface area contributed by atoms with Crippen LogP contribution in [0.2, 0.25) is 0 Å². The average Bonchev–Trinajstić information content (AvgIpc) is 2.66. The van der Waals surface area contributed by atoms with Crippen LogP contribution in [0.15, 0.2) is 59.5 Å². The van der Waals surface area contributed by atoms with Crippen LogP contribution in [-0.4, -0.2) is 38.9 Å². The van der Waals surface area contributed by atoms with Crippen LogP contribution in [0.3, 0.4) is 0 Å². The van der Waals surface area contributed by atoms with E-state index < -0.39 is 14.9 Å². The first-order valence-corrected chi connectivity index (χ1v) is 9.55. The average molecular weight is 393 g/mol. The molecule has 10 heteroatoms. The topological polar surface area (TPSA) is 128 Å². The van der Waals surface area contributed by atoms with Crippen LogP contribution in [0, 0.1) is 10.1 Å². The molecule has 144 valence electrons. The van der Waals surface area contributed by atoms with Crippen molar-refractivity contribution in [2.24, 2.45) is 0 Å². The minimum atomic E-state index is -3.80. The summed E-state index contributed by atoms with van der Waals surface area (Å²) >= 11 is 0. The predicted octanol–water partition coefficient (Wildman–Crippen LogP) is 1.46. The van der Waals surface area contributed by atoms with Crippen LogP contribution < -0.4 is 14.8 Å². The fourth-order valence-corrected chi connectivity index (χ4v) is 3.12. The van der Waals surface area contributed by atoms with Gasteiger partial charge in [0.05, 0.1) is 22.8 Å². The molecule has 2 N–H and O–H groups in total. The molecule has 0 heterocycles. The number of non-ortho nitro benzene ring substituents is 1.